The Morgan fingerprint density at radius 3 is 2.77 bits per heavy atom. The highest BCUT2D eigenvalue weighted by molar-refractivity contribution is 6.05. The average Bonchev–Trinajstić information content (AvgIpc) is 3.33. The predicted molar refractivity (Wildman–Crippen MR) is 161 cm³/mol. The van der Waals surface area contributed by atoms with Crippen LogP contribution in [0.1, 0.15) is 63.9 Å². The monoisotopic (exact) mass is 589 g/mol. The highest BCUT2D eigenvalue weighted by Gasteiger charge is 2.39. The van der Waals surface area contributed by atoms with Crippen molar-refractivity contribution < 1.29 is 28.7 Å². The SMILES string of the molecule is COc1cc(C(=O)NCCCOCCCN(C)CCC#Cc2cccc3c2CN(C2CCC(=O)NC2=O)C3=O)ccc1N. The first-order valence-corrected chi connectivity index (χ1v) is 14.5. The lowest BCUT2D eigenvalue weighted by atomic mass is 10.0. The van der Waals surface area contributed by atoms with E-state index in [0.717, 1.165) is 30.6 Å². The van der Waals surface area contributed by atoms with Gasteiger partial charge < -0.3 is 30.3 Å². The number of amides is 4. The Bertz CT molecular complexity index is 1410. The second-order valence-corrected chi connectivity index (χ2v) is 10.6. The second kappa shape index (κ2) is 15.2. The van der Waals surface area contributed by atoms with Crippen LogP contribution in [0, 0.1) is 11.8 Å². The highest BCUT2D eigenvalue weighted by Crippen LogP contribution is 2.29. The molecule has 4 amide bonds. The van der Waals surface area contributed by atoms with Crippen LogP contribution in [0.3, 0.4) is 0 Å². The maximum atomic E-state index is 13.0. The first kappa shape index (κ1) is 31.5. The molecule has 0 spiro atoms. The number of imide groups is 1. The van der Waals surface area contributed by atoms with Gasteiger partial charge in [-0.2, -0.15) is 0 Å². The lowest BCUT2D eigenvalue weighted by Crippen LogP contribution is -2.52. The smallest absolute Gasteiger partial charge is 0.255 e. The van der Waals surface area contributed by atoms with Gasteiger partial charge in [-0.05, 0) is 62.2 Å². The van der Waals surface area contributed by atoms with E-state index in [-0.39, 0.29) is 24.1 Å². The van der Waals surface area contributed by atoms with Crippen LogP contribution >= 0.6 is 0 Å². The van der Waals surface area contributed by atoms with Crippen LogP contribution in [0.25, 0.3) is 0 Å². The fourth-order valence-electron chi connectivity index (χ4n) is 5.09. The first-order valence-electron chi connectivity index (χ1n) is 14.5. The molecule has 2 aliphatic heterocycles. The van der Waals surface area contributed by atoms with Gasteiger partial charge in [0.2, 0.25) is 11.8 Å². The van der Waals surface area contributed by atoms with Crippen LogP contribution in [-0.4, -0.2) is 86.5 Å². The van der Waals surface area contributed by atoms with E-state index >= 15 is 0 Å². The highest BCUT2D eigenvalue weighted by atomic mass is 16.5. The van der Waals surface area contributed by atoms with Crippen molar-refractivity contribution >= 4 is 29.3 Å². The van der Waals surface area contributed by atoms with E-state index in [1.807, 2.05) is 19.2 Å². The molecule has 4 N–H and O–H groups in total. The number of carbonyl (C=O) groups excluding carboxylic acids is 4. The topological polar surface area (TPSA) is 143 Å². The Morgan fingerprint density at radius 2 is 1.98 bits per heavy atom. The Kier molecular flexibility index (Phi) is 11.1. The van der Waals surface area contributed by atoms with Crippen LogP contribution in [-0.2, 0) is 20.9 Å². The normalized spacial score (nSPS) is 16.0. The van der Waals surface area contributed by atoms with Crippen LogP contribution < -0.4 is 21.1 Å². The molecule has 2 aromatic rings. The number of anilines is 1. The molecule has 0 aromatic heterocycles. The molecule has 1 fully saturated rings. The molecule has 1 unspecified atom stereocenters. The number of nitrogens with zero attached hydrogens (tertiary/aromatic N) is 2. The number of hydrogen-bond acceptors (Lipinski definition) is 8. The largest absolute Gasteiger partial charge is 0.495 e. The van der Waals surface area contributed by atoms with Gasteiger partial charge in [0.05, 0.1) is 12.8 Å². The maximum Gasteiger partial charge on any atom is 0.255 e. The lowest BCUT2D eigenvalue weighted by Gasteiger charge is -2.29. The molecule has 0 saturated carbocycles. The summed E-state index contributed by atoms with van der Waals surface area (Å²) in [6, 6.07) is 9.78. The first-order chi connectivity index (χ1) is 20.8. The van der Waals surface area contributed by atoms with Gasteiger partial charge in [0.1, 0.15) is 11.8 Å². The lowest BCUT2D eigenvalue weighted by molar-refractivity contribution is -0.136. The molecule has 2 heterocycles. The molecule has 0 bridgehead atoms. The molecule has 0 radical (unpaired) electrons. The molecule has 11 heteroatoms. The fourth-order valence-corrected chi connectivity index (χ4v) is 5.09. The van der Waals surface area contributed by atoms with Crippen molar-refractivity contribution in [1.29, 1.82) is 0 Å². The number of fused-ring (bicyclic) bond motifs is 1. The van der Waals surface area contributed by atoms with E-state index < -0.39 is 11.9 Å². The van der Waals surface area contributed by atoms with Crippen molar-refractivity contribution in [1.82, 2.24) is 20.4 Å². The van der Waals surface area contributed by atoms with Gasteiger partial charge in [-0.15, -0.1) is 0 Å². The summed E-state index contributed by atoms with van der Waals surface area (Å²) in [5.74, 6) is 5.81. The summed E-state index contributed by atoms with van der Waals surface area (Å²) in [7, 11) is 3.56. The fraction of sp³-hybridized carbons (Fsp3) is 0.438. The third-order valence-corrected chi connectivity index (χ3v) is 7.50. The van der Waals surface area contributed by atoms with E-state index in [1.54, 1.807) is 29.2 Å². The van der Waals surface area contributed by atoms with Crippen molar-refractivity contribution in [2.24, 2.45) is 0 Å². The van der Waals surface area contributed by atoms with Crippen molar-refractivity contribution in [2.45, 2.75) is 44.7 Å². The predicted octanol–water partition coefficient (Wildman–Crippen LogP) is 1.94. The van der Waals surface area contributed by atoms with Gasteiger partial charge in [-0.3, -0.25) is 24.5 Å². The summed E-state index contributed by atoms with van der Waals surface area (Å²) in [4.78, 5) is 52.8. The molecule has 11 nitrogen and oxygen atoms in total. The summed E-state index contributed by atoms with van der Waals surface area (Å²) in [6.45, 7) is 3.68. The maximum absolute atomic E-state index is 13.0. The number of ether oxygens (including phenoxy) is 2. The van der Waals surface area contributed by atoms with Crippen LogP contribution in [0.4, 0.5) is 5.69 Å². The van der Waals surface area contributed by atoms with Crippen molar-refractivity contribution in [3.63, 3.8) is 0 Å². The number of methoxy groups -OCH3 is 1. The van der Waals surface area contributed by atoms with Crippen LogP contribution in [0.15, 0.2) is 36.4 Å². The summed E-state index contributed by atoms with van der Waals surface area (Å²) < 4.78 is 10.9. The molecule has 2 aliphatic rings. The number of hydrogen-bond donors (Lipinski definition) is 3. The van der Waals surface area contributed by atoms with Crippen LogP contribution in [0.5, 0.6) is 5.75 Å². The minimum absolute atomic E-state index is 0.178. The molecule has 4 rings (SSSR count). The molecular weight excluding hydrogens is 550 g/mol. The average molecular weight is 590 g/mol. The summed E-state index contributed by atoms with van der Waals surface area (Å²) in [5, 5.41) is 5.20. The zero-order valence-electron chi connectivity index (χ0n) is 24.7. The molecule has 0 aliphatic carbocycles. The number of nitrogens with two attached hydrogens (primary N) is 1. The third kappa shape index (κ3) is 8.34. The molecular formula is C32H39N5O6. The van der Waals surface area contributed by atoms with Crippen molar-refractivity contribution in [3.8, 4) is 17.6 Å². The third-order valence-electron chi connectivity index (χ3n) is 7.50. The van der Waals surface area contributed by atoms with Gasteiger partial charge >= 0.3 is 0 Å². The van der Waals surface area contributed by atoms with Gasteiger partial charge in [0, 0.05) is 68.9 Å². The Morgan fingerprint density at radius 1 is 1.16 bits per heavy atom. The Labute approximate surface area is 252 Å². The molecule has 228 valence electrons. The van der Waals surface area contributed by atoms with E-state index in [1.165, 1.54) is 7.11 Å². The number of piperidine rings is 1. The number of rotatable bonds is 13. The minimum Gasteiger partial charge on any atom is -0.495 e. The van der Waals surface area contributed by atoms with Gasteiger partial charge in [0.25, 0.3) is 11.8 Å². The van der Waals surface area contributed by atoms with Crippen LogP contribution in [0.2, 0.25) is 0 Å². The van der Waals surface area contributed by atoms with Crippen molar-refractivity contribution in [2.75, 3.05) is 52.7 Å². The zero-order valence-corrected chi connectivity index (χ0v) is 24.7. The van der Waals surface area contributed by atoms with E-state index in [0.29, 0.717) is 68.1 Å². The standard InChI is InChI=1S/C32H39N5O6/c1-36(17-7-19-43-18-6-15-34-30(39)23-11-12-26(33)28(20-23)42-2)16-4-3-8-22-9-5-10-24-25(22)21-37(32(24)41)27-13-14-29(38)35-31(27)40/h5,9-12,20,27H,4,6-7,13-19,21,33H2,1-2H3,(H,34,39)(H,35,38,40). The quantitative estimate of drug-likeness (QED) is 0.139. The second-order valence-electron chi connectivity index (χ2n) is 10.6. The van der Waals surface area contributed by atoms with E-state index in [2.05, 4.69) is 27.4 Å². The molecule has 1 atom stereocenters. The molecule has 1 saturated heterocycles. The summed E-state index contributed by atoms with van der Waals surface area (Å²) in [5.41, 5.74) is 8.97. The molecule has 2 aromatic carbocycles. The van der Waals surface area contributed by atoms with Gasteiger partial charge in [-0.25, -0.2) is 0 Å². The number of nitrogens with one attached hydrogen (secondary N) is 2. The van der Waals surface area contributed by atoms with E-state index in [4.69, 9.17) is 15.2 Å². The van der Waals surface area contributed by atoms with Gasteiger partial charge in [0.15, 0.2) is 0 Å². The zero-order chi connectivity index (χ0) is 30.8. The van der Waals surface area contributed by atoms with Gasteiger partial charge in [-0.1, -0.05) is 17.9 Å². The number of benzene rings is 2. The Balaban J connectivity index is 1.10. The minimum atomic E-state index is -0.637. The summed E-state index contributed by atoms with van der Waals surface area (Å²) in [6.07, 6.45) is 2.83. The number of carbonyl (C=O) groups is 4. The summed E-state index contributed by atoms with van der Waals surface area (Å²) >= 11 is 0. The Hall–Kier alpha value is -4.40. The van der Waals surface area contributed by atoms with E-state index in [9.17, 15) is 19.2 Å². The molecule has 43 heavy (non-hydrogen) atoms. The van der Waals surface area contributed by atoms with Crippen molar-refractivity contribution in [3.05, 3.63) is 58.7 Å². The number of nitrogen functional groups attached to an aromatic ring is 1.